The van der Waals surface area contributed by atoms with Crippen LogP contribution in [0.1, 0.15) is 15.9 Å². The van der Waals surface area contributed by atoms with Crippen molar-refractivity contribution < 1.29 is 18.0 Å². The van der Waals surface area contributed by atoms with Crippen LogP contribution in [0.5, 0.6) is 0 Å². The van der Waals surface area contributed by atoms with Crippen LogP contribution in [0.4, 0.5) is 24.5 Å². The maximum Gasteiger partial charge on any atom is 0.418 e. The molecule has 2 aromatic carbocycles. The number of nitrogen functional groups attached to an aromatic ring is 1. The molecule has 0 spiro atoms. The minimum atomic E-state index is -4.61. The summed E-state index contributed by atoms with van der Waals surface area (Å²) in [6, 6.07) is 11.6. The Bertz CT molecular complexity index is 642. The minimum absolute atomic E-state index is 0.106. The Balaban J connectivity index is 2.30. The lowest BCUT2D eigenvalue weighted by Gasteiger charge is -2.14. The van der Waals surface area contributed by atoms with E-state index in [2.05, 4.69) is 5.32 Å². The average Bonchev–Trinajstić information content (AvgIpc) is 2.46. The number of hydrazine groups is 1. The van der Waals surface area contributed by atoms with E-state index in [1.807, 2.05) is 5.43 Å². The summed E-state index contributed by atoms with van der Waals surface area (Å²) in [6.45, 7) is 0. The summed E-state index contributed by atoms with van der Waals surface area (Å²) in [6.07, 6.45) is -4.61. The number of nitrogens with two attached hydrogens (primary N) is 1. The van der Waals surface area contributed by atoms with Crippen molar-refractivity contribution in [1.29, 1.82) is 0 Å². The standard InChI is InChI=1S/C14H12F3N3O/c15-14(16,17)11-8-9(6-7-12(11)20-18)13(21)19-10-4-2-1-3-5-10/h1-8,20H,18H2,(H,19,21). The summed E-state index contributed by atoms with van der Waals surface area (Å²) in [4.78, 5) is 12.0. The summed E-state index contributed by atoms with van der Waals surface area (Å²) in [7, 11) is 0. The fourth-order valence-corrected chi connectivity index (χ4v) is 1.77. The molecular weight excluding hydrogens is 283 g/mol. The lowest BCUT2D eigenvalue weighted by atomic mass is 10.1. The first-order valence-corrected chi connectivity index (χ1v) is 5.96. The second-order valence-electron chi connectivity index (χ2n) is 4.22. The van der Waals surface area contributed by atoms with Crippen molar-refractivity contribution in [2.24, 2.45) is 5.84 Å². The molecule has 7 heteroatoms. The molecule has 1 amide bonds. The molecule has 0 aliphatic rings. The lowest BCUT2D eigenvalue weighted by Crippen LogP contribution is -2.17. The van der Waals surface area contributed by atoms with Crippen molar-refractivity contribution in [3.63, 3.8) is 0 Å². The van der Waals surface area contributed by atoms with Gasteiger partial charge in [-0.05, 0) is 30.3 Å². The molecule has 110 valence electrons. The largest absolute Gasteiger partial charge is 0.418 e. The van der Waals surface area contributed by atoms with Gasteiger partial charge in [-0.15, -0.1) is 0 Å². The number of rotatable bonds is 3. The summed E-state index contributed by atoms with van der Waals surface area (Å²) < 4.78 is 38.6. The third kappa shape index (κ3) is 3.51. The Morgan fingerprint density at radius 1 is 1.05 bits per heavy atom. The number of hydrogen-bond donors (Lipinski definition) is 3. The van der Waals surface area contributed by atoms with Crippen molar-refractivity contribution in [1.82, 2.24) is 0 Å². The number of carbonyl (C=O) groups is 1. The molecule has 0 aliphatic heterocycles. The second-order valence-corrected chi connectivity index (χ2v) is 4.22. The Kier molecular flexibility index (Phi) is 4.13. The summed E-state index contributed by atoms with van der Waals surface area (Å²) in [5, 5.41) is 2.52. The van der Waals surface area contributed by atoms with Gasteiger partial charge in [0.15, 0.2) is 0 Å². The lowest BCUT2D eigenvalue weighted by molar-refractivity contribution is -0.137. The number of benzene rings is 2. The van der Waals surface area contributed by atoms with E-state index < -0.39 is 17.6 Å². The maximum atomic E-state index is 12.9. The van der Waals surface area contributed by atoms with E-state index in [-0.39, 0.29) is 11.3 Å². The molecule has 2 aromatic rings. The predicted molar refractivity (Wildman–Crippen MR) is 73.6 cm³/mol. The quantitative estimate of drug-likeness (QED) is 0.601. The summed E-state index contributed by atoms with van der Waals surface area (Å²) >= 11 is 0. The second kappa shape index (κ2) is 5.84. The van der Waals surface area contributed by atoms with Crippen molar-refractivity contribution in [3.05, 3.63) is 59.7 Å². The highest BCUT2D eigenvalue weighted by Crippen LogP contribution is 2.35. The number of carbonyl (C=O) groups excluding carboxylic acids is 1. The van der Waals surface area contributed by atoms with Crippen LogP contribution in [-0.4, -0.2) is 5.91 Å². The Morgan fingerprint density at radius 3 is 2.29 bits per heavy atom. The van der Waals surface area contributed by atoms with Gasteiger partial charge < -0.3 is 10.7 Å². The van der Waals surface area contributed by atoms with Gasteiger partial charge in [-0.2, -0.15) is 13.2 Å². The van der Waals surface area contributed by atoms with Crippen LogP contribution in [0.15, 0.2) is 48.5 Å². The van der Waals surface area contributed by atoms with Gasteiger partial charge in [0.2, 0.25) is 0 Å². The fourth-order valence-electron chi connectivity index (χ4n) is 1.77. The van der Waals surface area contributed by atoms with Gasteiger partial charge in [-0.25, -0.2) is 0 Å². The fraction of sp³-hybridized carbons (Fsp3) is 0.0714. The predicted octanol–water partition coefficient (Wildman–Crippen LogP) is 3.24. The SMILES string of the molecule is NNc1ccc(C(=O)Nc2ccccc2)cc1C(F)(F)F. The van der Waals surface area contributed by atoms with Crippen LogP contribution in [-0.2, 0) is 6.18 Å². The average molecular weight is 295 g/mol. The molecule has 0 unspecified atom stereocenters. The van der Waals surface area contributed by atoms with Crippen LogP contribution in [0, 0.1) is 0 Å². The third-order valence-electron chi connectivity index (χ3n) is 2.77. The van der Waals surface area contributed by atoms with Gasteiger partial charge in [0.25, 0.3) is 5.91 Å². The van der Waals surface area contributed by atoms with E-state index in [0.717, 1.165) is 12.1 Å². The summed E-state index contributed by atoms with van der Waals surface area (Å²) in [5.74, 6) is 4.42. The highest BCUT2D eigenvalue weighted by molar-refractivity contribution is 6.04. The zero-order valence-corrected chi connectivity index (χ0v) is 10.7. The first-order chi connectivity index (χ1) is 9.91. The maximum absolute atomic E-state index is 12.9. The molecule has 0 fully saturated rings. The Hall–Kier alpha value is -2.54. The van der Waals surface area contributed by atoms with Crippen LogP contribution >= 0.6 is 0 Å². The van der Waals surface area contributed by atoms with Crippen LogP contribution in [0.3, 0.4) is 0 Å². The van der Waals surface area contributed by atoms with Crippen molar-refractivity contribution in [2.45, 2.75) is 6.18 Å². The number of nitrogens with one attached hydrogen (secondary N) is 2. The Labute approximate surface area is 118 Å². The molecule has 0 saturated carbocycles. The highest BCUT2D eigenvalue weighted by atomic mass is 19.4. The van der Waals surface area contributed by atoms with E-state index in [4.69, 9.17) is 5.84 Å². The number of alkyl halides is 3. The van der Waals surface area contributed by atoms with Gasteiger partial charge >= 0.3 is 6.18 Å². The molecule has 21 heavy (non-hydrogen) atoms. The van der Waals surface area contributed by atoms with Crippen LogP contribution in [0.2, 0.25) is 0 Å². The molecule has 0 radical (unpaired) electrons. The van der Waals surface area contributed by atoms with E-state index in [9.17, 15) is 18.0 Å². The minimum Gasteiger partial charge on any atom is -0.324 e. The van der Waals surface area contributed by atoms with Crippen LogP contribution < -0.4 is 16.6 Å². The number of anilines is 2. The zero-order valence-electron chi connectivity index (χ0n) is 10.7. The highest BCUT2D eigenvalue weighted by Gasteiger charge is 2.34. The molecule has 4 nitrogen and oxygen atoms in total. The monoisotopic (exact) mass is 295 g/mol. The number of amides is 1. The van der Waals surface area contributed by atoms with Crippen molar-refractivity contribution in [3.8, 4) is 0 Å². The number of para-hydroxylation sites is 1. The van der Waals surface area contributed by atoms with Crippen molar-refractivity contribution in [2.75, 3.05) is 10.7 Å². The molecule has 2 rings (SSSR count). The van der Waals surface area contributed by atoms with E-state index in [1.165, 1.54) is 6.07 Å². The van der Waals surface area contributed by atoms with E-state index >= 15 is 0 Å². The smallest absolute Gasteiger partial charge is 0.324 e. The zero-order chi connectivity index (χ0) is 15.5. The molecule has 4 N–H and O–H groups in total. The molecule has 0 aromatic heterocycles. The first-order valence-electron chi connectivity index (χ1n) is 5.96. The number of hydrogen-bond acceptors (Lipinski definition) is 3. The number of halogens is 3. The van der Waals surface area contributed by atoms with Gasteiger partial charge in [-0.3, -0.25) is 10.6 Å². The van der Waals surface area contributed by atoms with E-state index in [1.54, 1.807) is 30.3 Å². The van der Waals surface area contributed by atoms with Gasteiger partial charge in [-0.1, -0.05) is 18.2 Å². The van der Waals surface area contributed by atoms with Crippen LogP contribution in [0.25, 0.3) is 0 Å². The molecule has 0 saturated heterocycles. The Morgan fingerprint density at radius 2 is 1.71 bits per heavy atom. The molecule has 0 atom stereocenters. The summed E-state index contributed by atoms with van der Waals surface area (Å²) in [5.41, 5.74) is 1.07. The molecule has 0 bridgehead atoms. The van der Waals surface area contributed by atoms with E-state index in [0.29, 0.717) is 5.69 Å². The topological polar surface area (TPSA) is 67.1 Å². The molecule has 0 heterocycles. The third-order valence-corrected chi connectivity index (χ3v) is 2.77. The van der Waals surface area contributed by atoms with Gasteiger partial charge in [0.05, 0.1) is 11.3 Å². The molecule has 0 aliphatic carbocycles. The first kappa shape index (κ1) is 14.9. The van der Waals surface area contributed by atoms with Gasteiger partial charge in [0.1, 0.15) is 0 Å². The van der Waals surface area contributed by atoms with Gasteiger partial charge in [0, 0.05) is 11.3 Å². The molecular formula is C14H12F3N3O. The van der Waals surface area contributed by atoms with Crippen molar-refractivity contribution >= 4 is 17.3 Å². The normalized spacial score (nSPS) is 11.0.